The normalized spacial score (nSPS) is 20.1. The predicted molar refractivity (Wildman–Crippen MR) is 84.2 cm³/mol. The van der Waals surface area contributed by atoms with E-state index >= 15 is 0 Å². The van der Waals surface area contributed by atoms with Gasteiger partial charge in [0.1, 0.15) is 12.6 Å². The Bertz CT molecular complexity index is 895. The monoisotopic (exact) mass is 405 g/mol. The number of carbonyl (C=O) groups excluding carboxylic acids is 1. The van der Waals surface area contributed by atoms with Crippen LogP contribution in [0.25, 0.3) is 0 Å². The molecule has 8 nitrogen and oxygen atoms in total. The van der Waals surface area contributed by atoms with Crippen LogP contribution in [0.2, 0.25) is 0 Å². The number of nitriles is 1. The number of hydrogen-bond acceptors (Lipinski definition) is 5. The zero-order chi connectivity index (χ0) is 20.4. The van der Waals surface area contributed by atoms with Crippen LogP contribution in [0.4, 0.5) is 18.0 Å². The molecule has 1 heterocycles. The Morgan fingerprint density at radius 1 is 1.33 bits per heavy atom. The van der Waals surface area contributed by atoms with Gasteiger partial charge in [0.15, 0.2) is 9.84 Å². The lowest BCUT2D eigenvalue weighted by molar-refractivity contribution is -0.139. The standard InChI is InChI=1S/C15H14F3N3O5S/c16-15(17,18)10-3-1-2-4-12(10)27(25,26)9-7-11(13(22)20-6-5-19)21(8-9)14(23)24/h1-4,9,11H,6-8H2,(H,20,22)(H,23,24)/t9-,11+/m1/s1. The third-order valence-electron chi connectivity index (χ3n) is 4.09. The summed E-state index contributed by atoms with van der Waals surface area (Å²) in [5.41, 5.74) is -1.36. The Morgan fingerprint density at radius 3 is 2.52 bits per heavy atom. The Labute approximate surface area is 152 Å². The first-order valence-corrected chi connectivity index (χ1v) is 9.09. The summed E-state index contributed by atoms with van der Waals surface area (Å²) in [7, 11) is -4.58. The molecule has 1 aliphatic rings. The molecule has 1 fully saturated rings. The quantitative estimate of drug-likeness (QED) is 0.726. The number of nitrogens with one attached hydrogen (secondary N) is 1. The number of amides is 2. The van der Waals surface area contributed by atoms with Crippen molar-refractivity contribution in [2.45, 2.75) is 28.8 Å². The highest BCUT2D eigenvalue weighted by molar-refractivity contribution is 7.92. The van der Waals surface area contributed by atoms with Crippen molar-refractivity contribution in [3.8, 4) is 6.07 Å². The van der Waals surface area contributed by atoms with Gasteiger partial charge in [-0.1, -0.05) is 12.1 Å². The summed E-state index contributed by atoms with van der Waals surface area (Å²) in [6, 6.07) is 3.78. The van der Waals surface area contributed by atoms with Crippen LogP contribution in [0, 0.1) is 11.3 Å². The molecule has 0 aromatic heterocycles. The lowest BCUT2D eigenvalue weighted by Gasteiger charge is -2.19. The van der Waals surface area contributed by atoms with Gasteiger partial charge in [0.2, 0.25) is 5.91 Å². The van der Waals surface area contributed by atoms with Crippen molar-refractivity contribution in [1.29, 1.82) is 5.26 Å². The lowest BCUT2D eigenvalue weighted by atomic mass is 10.2. The van der Waals surface area contributed by atoms with Crippen LogP contribution in [0.15, 0.2) is 29.2 Å². The van der Waals surface area contributed by atoms with Gasteiger partial charge in [0.25, 0.3) is 0 Å². The zero-order valence-corrected chi connectivity index (χ0v) is 14.4. The topological polar surface area (TPSA) is 128 Å². The van der Waals surface area contributed by atoms with Gasteiger partial charge in [-0.25, -0.2) is 13.2 Å². The van der Waals surface area contributed by atoms with Gasteiger partial charge in [0, 0.05) is 6.54 Å². The van der Waals surface area contributed by atoms with Gasteiger partial charge in [0.05, 0.1) is 21.8 Å². The fraction of sp³-hybridized carbons (Fsp3) is 0.400. The number of rotatable bonds is 4. The third kappa shape index (κ3) is 4.13. The van der Waals surface area contributed by atoms with Crippen molar-refractivity contribution < 1.29 is 36.3 Å². The van der Waals surface area contributed by atoms with E-state index in [1.165, 1.54) is 0 Å². The van der Waals surface area contributed by atoms with Crippen molar-refractivity contribution >= 4 is 21.8 Å². The second kappa shape index (κ2) is 7.43. The average molecular weight is 405 g/mol. The fourth-order valence-electron chi connectivity index (χ4n) is 2.86. The fourth-order valence-corrected chi connectivity index (χ4v) is 4.77. The third-order valence-corrected chi connectivity index (χ3v) is 6.28. The molecule has 0 unspecified atom stereocenters. The molecule has 2 N–H and O–H groups in total. The smallest absolute Gasteiger partial charge is 0.417 e. The molecule has 2 amide bonds. The van der Waals surface area contributed by atoms with Gasteiger partial charge in [-0.05, 0) is 18.6 Å². The minimum absolute atomic E-state index is 0.420. The van der Waals surface area contributed by atoms with E-state index in [0.717, 1.165) is 18.2 Å². The number of likely N-dealkylation sites (tertiary alicyclic amines) is 1. The Balaban J connectivity index is 2.40. The second-order valence-corrected chi connectivity index (χ2v) is 7.92. The lowest BCUT2D eigenvalue weighted by Crippen LogP contribution is -2.45. The summed E-state index contributed by atoms with van der Waals surface area (Å²) in [5, 5.41) is 18.3. The molecule has 1 aromatic rings. The van der Waals surface area contributed by atoms with Gasteiger partial charge in [-0.15, -0.1) is 0 Å². The Hall–Kier alpha value is -2.81. The molecule has 146 valence electrons. The summed E-state index contributed by atoms with van der Waals surface area (Å²) >= 11 is 0. The van der Waals surface area contributed by atoms with E-state index in [1.807, 2.05) is 0 Å². The largest absolute Gasteiger partial charge is 0.465 e. The van der Waals surface area contributed by atoms with Crippen LogP contribution >= 0.6 is 0 Å². The number of halogens is 3. The van der Waals surface area contributed by atoms with Gasteiger partial charge in [-0.3, -0.25) is 9.69 Å². The van der Waals surface area contributed by atoms with Crippen LogP contribution in [0.5, 0.6) is 0 Å². The molecule has 0 bridgehead atoms. The van der Waals surface area contributed by atoms with Crippen molar-refractivity contribution in [2.75, 3.05) is 13.1 Å². The molecule has 27 heavy (non-hydrogen) atoms. The van der Waals surface area contributed by atoms with Gasteiger partial charge < -0.3 is 10.4 Å². The Kier molecular flexibility index (Phi) is 5.65. The van der Waals surface area contributed by atoms with E-state index < -0.39 is 69.3 Å². The first-order valence-electron chi connectivity index (χ1n) is 7.54. The minimum Gasteiger partial charge on any atom is -0.465 e. The number of sulfone groups is 1. The summed E-state index contributed by atoms with van der Waals surface area (Å²) in [6.07, 6.45) is -7.02. The zero-order valence-electron chi connectivity index (χ0n) is 13.6. The van der Waals surface area contributed by atoms with Crippen LogP contribution < -0.4 is 5.32 Å². The van der Waals surface area contributed by atoms with E-state index in [0.29, 0.717) is 11.0 Å². The molecule has 1 aromatic carbocycles. The molecule has 0 spiro atoms. The van der Waals surface area contributed by atoms with E-state index in [9.17, 15) is 36.3 Å². The molecule has 12 heteroatoms. The van der Waals surface area contributed by atoms with Gasteiger partial charge in [-0.2, -0.15) is 18.4 Å². The van der Waals surface area contributed by atoms with E-state index in [-0.39, 0.29) is 0 Å². The first-order chi connectivity index (χ1) is 12.5. The van der Waals surface area contributed by atoms with Crippen LogP contribution in [-0.2, 0) is 20.8 Å². The maximum Gasteiger partial charge on any atom is 0.417 e. The van der Waals surface area contributed by atoms with E-state index in [1.54, 1.807) is 6.07 Å². The first kappa shape index (κ1) is 20.5. The number of benzene rings is 1. The van der Waals surface area contributed by atoms with Gasteiger partial charge >= 0.3 is 12.3 Å². The highest BCUT2D eigenvalue weighted by Gasteiger charge is 2.47. The van der Waals surface area contributed by atoms with Crippen molar-refractivity contribution in [1.82, 2.24) is 10.2 Å². The highest BCUT2D eigenvalue weighted by atomic mass is 32.2. The van der Waals surface area contributed by atoms with Crippen LogP contribution in [-0.4, -0.2) is 54.8 Å². The van der Waals surface area contributed by atoms with E-state index in [2.05, 4.69) is 5.32 Å². The summed E-state index contributed by atoms with van der Waals surface area (Å²) in [6.45, 7) is -1.08. The molecule has 0 aliphatic carbocycles. The van der Waals surface area contributed by atoms with Crippen molar-refractivity contribution in [2.24, 2.45) is 0 Å². The number of carboxylic acid groups (broad SMARTS) is 1. The number of carbonyl (C=O) groups is 2. The highest BCUT2D eigenvalue weighted by Crippen LogP contribution is 2.37. The maximum atomic E-state index is 13.2. The summed E-state index contributed by atoms with van der Waals surface area (Å²) in [5.74, 6) is -0.888. The molecular weight excluding hydrogens is 391 g/mol. The van der Waals surface area contributed by atoms with Crippen LogP contribution in [0.3, 0.4) is 0 Å². The predicted octanol–water partition coefficient (Wildman–Crippen LogP) is 1.24. The molecule has 1 saturated heterocycles. The molecule has 0 saturated carbocycles. The second-order valence-electron chi connectivity index (χ2n) is 5.72. The molecule has 2 rings (SSSR count). The number of hydrogen-bond donors (Lipinski definition) is 2. The molecular formula is C15H14F3N3O5S. The maximum absolute atomic E-state index is 13.2. The van der Waals surface area contributed by atoms with Crippen molar-refractivity contribution in [3.05, 3.63) is 29.8 Å². The molecule has 1 aliphatic heterocycles. The van der Waals surface area contributed by atoms with E-state index in [4.69, 9.17) is 5.26 Å². The minimum atomic E-state index is -4.92. The summed E-state index contributed by atoms with van der Waals surface area (Å²) in [4.78, 5) is 22.9. The van der Waals surface area contributed by atoms with Crippen LogP contribution in [0.1, 0.15) is 12.0 Å². The Morgan fingerprint density at radius 2 is 1.96 bits per heavy atom. The SMILES string of the molecule is N#CCNC(=O)[C@@H]1C[C@@H](S(=O)(=O)c2ccccc2C(F)(F)F)CN1C(=O)O. The average Bonchev–Trinajstić information content (AvgIpc) is 3.05. The molecule has 0 radical (unpaired) electrons. The van der Waals surface area contributed by atoms with Crippen molar-refractivity contribution in [3.63, 3.8) is 0 Å². The summed E-state index contributed by atoms with van der Waals surface area (Å²) < 4.78 is 65.0. The number of alkyl halides is 3. The number of nitrogens with zero attached hydrogens (tertiary/aromatic N) is 2. The molecule has 2 atom stereocenters.